The average Bonchev–Trinajstić information content (AvgIpc) is 2.03. The van der Waals surface area contributed by atoms with Crippen LogP contribution in [0.1, 0.15) is 24.1 Å². The minimum absolute atomic E-state index is 0.147. The zero-order valence-electron chi connectivity index (χ0n) is 7.86. The first kappa shape index (κ1) is 10.0. The summed E-state index contributed by atoms with van der Waals surface area (Å²) in [5.74, 6) is 0.147. The van der Waals surface area contributed by atoms with Crippen molar-refractivity contribution < 1.29 is 10.2 Å². The van der Waals surface area contributed by atoms with Crippen LogP contribution in [0.4, 0.5) is 0 Å². The summed E-state index contributed by atoms with van der Waals surface area (Å²) in [5, 5.41) is 18.8. The summed E-state index contributed by atoms with van der Waals surface area (Å²) in [7, 11) is 0. The molecule has 4 N–H and O–H groups in total. The third-order valence-corrected chi connectivity index (χ3v) is 2.06. The Hall–Kier alpha value is -1.06. The molecule has 1 aromatic rings. The highest BCUT2D eigenvalue weighted by Gasteiger charge is 2.15. The maximum Gasteiger partial charge on any atom is 0.120 e. The van der Waals surface area contributed by atoms with Gasteiger partial charge in [-0.1, -0.05) is 12.1 Å². The molecule has 0 bridgehead atoms. The Balaban J connectivity index is 3.01. The van der Waals surface area contributed by atoms with E-state index in [0.717, 1.165) is 5.56 Å². The summed E-state index contributed by atoms with van der Waals surface area (Å²) in [6, 6.07) is 4.71. The molecule has 3 heteroatoms. The lowest BCUT2D eigenvalue weighted by atomic mass is 10.0. The highest BCUT2D eigenvalue weighted by molar-refractivity contribution is 5.38. The lowest BCUT2D eigenvalue weighted by Crippen LogP contribution is -2.23. The molecule has 0 spiro atoms. The monoisotopic (exact) mass is 181 g/mol. The molecule has 0 aliphatic carbocycles. The van der Waals surface area contributed by atoms with Gasteiger partial charge in [0.05, 0.1) is 12.1 Å². The summed E-state index contributed by atoms with van der Waals surface area (Å²) in [4.78, 5) is 0. The van der Waals surface area contributed by atoms with Gasteiger partial charge in [0.1, 0.15) is 5.75 Å². The van der Waals surface area contributed by atoms with Crippen molar-refractivity contribution in [2.24, 2.45) is 5.73 Å². The molecule has 0 saturated heterocycles. The minimum Gasteiger partial charge on any atom is -0.508 e. The lowest BCUT2D eigenvalue weighted by molar-refractivity contribution is 0.163. The second-order valence-electron chi connectivity index (χ2n) is 3.33. The fraction of sp³-hybridized carbons (Fsp3) is 0.400. The van der Waals surface area contributed by atoms with Crippen LogP contribution in [-0.2, 0) is 0 Å². The van der Waals surface area contributed by atoms with Crippen LogP contribution in [0.5, 0.6) is 5.75 Å². The van der Waals surface area contributed by atoms with Crippen LogP contribution in [0.3, 0.4) is 0 Å². The van der Waals surface area contributed by atoms with Gasteiger partial charge in [0.2, 0.25) is 0 Å². The van der Waals surface area contributed by atoms with Crippen LogP contribution in [0.2, 0.25) is 0 Å². The van der Waals surface area contributed by atoms with Gasteiger partial charge in [-0.25, -0.2) is 0 Å². The smallest absolute Gasteiger partial charge is 0.120 e. The topological polar surface area (TPSA) is 66.5 Å². The van der Waals surface area contributed by atoms with E-state index in [1.165, 1.54) is 0 Å². The molecule has 3 nitrogen and oxygen atoms in total. The van der Waals surface area contributed by atoms with Gasteiger partial charge in [-0.15, -0.1) is 0 Å². The van der Waals surface area contributed by atoms with E-state index in [9.17, 15) is 10.2 Å². The Morgan fingerprint density at radius 2 is 2.00 bits per heavy atom. The van der Waals surface area contributed by atoms with Gasteiger partial charge in [0.25, 0.3) is 0 Å². The number of nitrogens with two attached hydrogens (primary N) is 1. The molecule has 0 aliphatic rings. The second kappa shape index (κ2) is 3.77. The van der Waals surface area contributed by atoms with Gasteiger partial charge in [-0.05, 0) is 25.5 Å². The van der Waals surface area contributed by atoms with Crippen LogP contribution in [0, 0.1) is 6.92 Å². The third-order valence-electron chi connectivity index (χ3n) is 2.06. The minimum atomic E-state index is -0.659. The van der Waals surface area contributed by atoms with Crippen LogP contribution in [-0.4, -0.2) is 16.3 Å². The number of hydrogen-bond acceptors (Lipinski definition) is 3. The number of aryl methyl sites for hydroxylation is 1. The predicted octanol–water partition coefficient (Wildman–Crippen LogP) is 1.08. The summed E-state index contributed by atoms with van der Waals surface area (Å²) >= 11 is 0. The van der Waals surface area contributed by atoms with Crippen LogP contribution in [0.15, 0.2) is 18.2 Å². The van der Waals surface area contributed by atoms with Crippen molar-refractivity contribution in [3.8, 4) is 5.75 Å². The maximum atomic E-state index is 9.52. The van der Waals surface area contributed by atoms with Gasteiger partial charge < -0.3 is 15.9 Å². The second-order valence-corrected chi connectivity index (χ2v) is 3.33. The number of aliphatic hydroxyl groups excluding tert-OH is 1. The maximum absolute atomic E-state index is 9.52. The van der Waals surface area contributed by atoms with Crippen molar-refractivity contribution in [2.45, 2.75) is 26.0 Å². The van der Waals surface area contributed by atoms with E-state index >= 15 is 0 Å². The fourth-order valence-corrected chi connectivity index (χ4v) is 1.20. The van der Waals surface area contributed by atoms with E-state index in [0.29, 0.717) is 5.56 Å². The van der Waals surface area contributed by atoms with Crippen molar-refractivity contribution in [3.63, 3.8) is 0 Å². The fourth-order valence-electron chi connectivity index (χ4n) is 1.20. The van der Waals surface area contributed by atoms with E-state index in [2.05, 4.69) is 0 Å². The molecule has 0 saturated carbocycles. The first-order chi connectivity index (χ1) is 6.02. The number of aromatic hydroxyl groups is 1. The number of aliphatic hydroxyl groups is 1. The molecule has 1 aromatic carbocycles. The number of phenols is 1. The lowest BCUT2D eigenvalue weighted by Gasteiger charge is -2.16. The first-order valence-electron chi connectivity index (χ1n) is 4.25. The highest BCUT2D eigenvalue weighted by Crippen LogP contribution is 2.25. The quantitative estimate of drug-likeness (QED) is 0.639. The molecular formula is C10H15NO2. The zero-order chi connectivity index (χ0) is 10.0. The van der Waals surface area contributed by atoms with Crippen molar-refractivity contribution in [1.29, 1.82) is 0 Å². The summed E-state index contributed by atoms with van der Waals surface area (Å²) in [6.07, 6.45) is -0.659. The van der Waals surface area contributed by atoms with Gasteiger partial charge in [0.15, 0.2) is 0 Å². The Labute approximate surface area is 77.8 Å². The first-order valence-corrected chi connectivity index (χ1v) is 4.25. The zero-order valence-corrected chi connectivity index (χ0v) is 7.86. The van der Waals surface area contributed by atoms with E-state index < -0.39 is 12.1 Å². The third kappa shape index (κ3) is 2.20. The van der Waals surface area contributed by atoms with E-state index in [4.69, 9.17) is 5.73 Å². The SMILES string of the molecule is Cc1ccc([C@H](N)[C@@H](C)O)c(O)c1. The van der Waals surface area contributed by atoms with Gasteiger partial charge in [-0.2, -0.15) is 0 Å². The van der Waals surface area contributed by atoms with Crippen molar-refractivity contribution >= 4 is 0 Å². The van der Waals surface area contributed by atoms with E-state index in [1.807, 2.05) is 13.0 Å². The molecule has 0 unspecified atom stereocenters. The molecule has 13 heavy (non-hydrogen) atoms. The molecular weight excluding hydrogens is 166 g/mol. The van der Waals surface area contributed by atoms with Crippen molar-refractivity contribution in [3.05, 3.63) is 29.3 Å². The Bertz CT molecular complexity index is 297. The van der Waals surface area contributed by atoms with Crippen LogP contribution >= 0.6 is 0 Å². The average molecular weight is 181 g/mol. The molecule has 0 aromatic heterocycles. The molecule has 72 valence electrons. The van der Waals surface area contributed by atoms with Gasteiger partial charge in [-0.3, -0.25) is 0 Å². The molecule has 0 aliphatic heterocycles. The molecule has 0 fully saturated rings. The Kier molecular flexibility index (Phi) is 2.90. The Morgan fingerprint density at radius 3 is 2.46 bits per heavy atom. The largest absolute Gasteiger partial charge is 0.508 e. The van der Waals surface area contributed by atoms with E-state index in [-0.39, 0.29) is 5.75 Å². The number of hydrogen-bond donors (Lipinski definition) is 3. The summed E-state index contributed by atoms with van der Waals surface area (Å²) in [6.45, 7) is 3.49. The number of rotatable bonds is 2. The van der Waals surface area contributed by atoms with Gasteiger partial charge >= 0.3 is 0 Å². The predicted molar refractivity (Wildman–Crippen MR) is 51.5 cm³/mol. The standard InChI is InChI=1S/C10H15NO2/c1-6-3-4-8(9(13)5-6)10(11)7(2)12/h3-5,7,10,12-13H,11H2,1-2H3/t7-,10-/m1/s1. The van der Waals surface area contributed by atoms with Crippen LogP contribution in [0.25, 0.3) is 0 Å². The molecule has 2 atom stereocenters. The van der Waals surface area contributed by atoms with Crippen molar-refractivity contribution in [2.75, 3.05) is 0 Å². The normalized spacial score (nSPS) is 15.4. The Morgan fingerprint density at radius 1 is 1.38 bits per heavy atom. The summed E-state index contributed by atoms with van der Waals surface area (Å²) < 4.78 is 0. The molecule has 0 amide bonds. The molecule has 1 rings (SSSR count). The summed E-state index contributed by atoms with van der Waals surface area (Å²) in [5.41, 5.74) is 7.23. The number of benzene rings is 1. The number of phenolic OH excluding ortho intramolecular Hbond substituents is 1. The van der Waals surface area contributed by atoms with Crippen molar-refractivity contribution in [1.82, 2.24) is 0 Å². The molecule has 0 radical (unpaired) electrons. The van der Waals surface area contributed by atoms with Gasteiger partial charge in [0, 0.05) is 5.56 Å². The highest BCUT2D eigenvalue weighted by atomic mass is 16.3. The van der Waals surface area contributed by atoms with Crippen LogP contribution < -0.4 is 5.73 Å². The molecule has 0 heterocycles. The van der Waals surface area contributed by atoms with E-state index in [1.54, 1.807) is 19.1 Å².